The Balaban J connectivity index is 2.23. The van der Waals surface area contributed by atoms with Gasteiger partial charge in [0.25, 0.3) is 0 Å². The summed E-state index contributed by atoms with van der Waals surface area (Å²) in [6.45, 7) is 4.37. The highest BCUT2D eigenvalue weighted by Crippen LogP contribution is 2.32. The summed E-state index contributed by atoms with van der Waals surface area (Å²) in [7, 11) is 0. The molecule has 0 heterocycles. The fourth-order valence-electron chi connectivity index (χ4n) is 3.13. The van der Waals surface area contributed by atoms with E-state index >= 15 is 0 Å². The van der Waals surface area contributed by atoms with Crippen LogP contribution in [0.2, 0.25) is 0 Å². The fourth-order valence-corrected chi connectivity index (χ4v) is 3.13. The van der Waals surface area contributed by atoms with E-state index in [9.17, 15) is 5.11 Å². The van der Waals surface area contributed by atoms with Crippen LogP contribution in [0.1, 0.15) is 90.9 Å². The highest BCUT2D eigenvalue weighted by molar-refractivity contribution is 4.79. The summed E-state index contributed by atoms with van der Waals surface area (Å²) in [6.07, 6.45) is 15.1. The van der Waals surface area contributed by atoms with Gasteiger partial charge in [-0.1, -0.05) is 65.2 Å². The Labute approximate surface area is 108 Å². The molecule has 1 heteroatoms. The molecule has 0 amide bonds. The van der Waals surface area contributed by atoms with Crippen molar-refractivity contribution in [3.8, 4) is 0 Å². The van der Waals surface area contributed by atoms with Crippen LogP contribution in [0.4, 0.5) is 0 Å². The molecule has 1 aliphatic rings. The maximum atomic E-state index is 10.6. The van der Waals surface area contributed by atoms with Gasteiger partial charge in [-0.05, 0) is 31.6 Å². The SMILES string of the molecule is CCCCCC(O)(CC)CCC1CCCCC1. The van der Waals surface area contributed by atoms with Gasteiger partial charge in [-0.3, -0.25) is 0 Å². The van der Waals surface area contributed by atoms with Crippen LogP contribution in [0, 0.1) is 5.92 Å². The molecule has 0 bridgehead atoms. The number of hydrogen-bond acceptors (Lipinski definition) is 1. The molecule has 0 saturated heterocycles. The van der Waals surface area contributed by atoms with Crippen molar-refractivity contribution in [1.82, 2.24) is 0 Å². The van der Waals surface area contributed by atoms with Crippen molar-refractivity contribution < 1.29 is 5.11 Å². The van der Waals surface area contributed by atoms with E-state index in [-0.39, 0.29) is 5.60 Å². The van der Waals surface area contributed by atoms with Crippen LogP contribution in [0.5, 0.6) is 0 Å². The second-order valence-electron chi connectivity index (χ2n) is 6.08. The van der Waals surface area contributed by atoms with Gasteiger partial charge in [-0.25, -0.2) is 0 Å². The molecule has 0 aliphatic heterocycles. The normalized spacial score (nSPS) is 21.4. The minimum atomic E-state index is -0.355. The van der Waals surface area contributed by atoms with Crippen molar-refractivity contribution in [3.05, 3.63) is 0 Å². The standard InChI is InChI=1S/C16H32O/c1-3-5-9-13-16(17,4-2)14-12-15-10-7-6-8-11-15/h15,17H,3-14H2,1-2H3. The molecule has 102 valence electrons. The molecular weight excluding hydrogens is 208 g/mol. The predicted molar refractivity (Wildman–Crippen MR) is 75.2 cm³/mol. The molecule has 1 N–H and O–H groups in total. The van der Waals surface area contributed by atoms with Gasteiger partial charge >= 0.3 is 0 Å². The van der Waals surface area contributed by atoms with Gasteiger partial charge in [0.1, 0.15) is 0 Å². The van der Waals surface area contributed by atoms with E-state index in [1.807, 2.05) is 0 Å². The average Bonchev–Trinajstić information content (AvgIpc) is 2.38. The first-order valence-corrected chi connectivity index (χ1v) is 7.92. The zero-order chi connectivity index (χ0) is 12.6. The van der Waals surface area contributed by atoms with Crippen LogP contribution in [0.25, 0.3) is 0 Å². The first kappa shape index (κ1) is 15.0. The molecule has 0 aromatic heterocycles. The number of aliphatic hydroxyl groups is 1. The van der Waals surface area contributed by atoms with Gasteiger partial charge in [-0.15, -0.1) is 0 Å². The Kier molecular flexibility index (Phi) is 7.18. The summed E-state index contributed by atoms with van der Waals surface area (Å²) in [5, 5.41) is 10.6. The number of rotatable bonds is 8. The van der Waals surface area contributed by atoms with E-state index in [2.05, 4.69) is 13.8 Å². The van der Waals surface area contributed by atoms with Crippen molar-refractivity contribution in [1.29, 1.82) is 0 Å². The molecule has 0 radical (unpaired) electrons. The van der Waals surface area contributed by atoms with Crippen LogP contribution in [0.15, 0.2) is 0 Å². The smallest absolute Gasteiger partial charge is 0.0645 e. The largest absolute Gasteiger partial charge is 0.390 e. The molecule has 1 unspecified atom stereocenters. The lowest BCUT2D eigenvalue weighted by atomic mass is 9.81. The van der Waals surface area contributed by atoms with Crippen LogP contribution < -0.4 is 0 Å². The van der Waals surface area contributed by atoms with Gasteiger partial charge in [0.2, 0.25) is 0 Å². The van der Waals surface area contributed by atoms with Gasteiger partial charge < -0.3 is 5.11 Å². The average molecular weight is 240 g/mol. The van der Waals surface area contributed by atoms with Crippen molar-refractivity contribution in [2.45, 2.75) is 96.5 Å². The quantitative estimate of drug-likeness (QED) is 0.587. The molecule has 17 heavy (non-hydrogen) atoms. The highest BCUT2D eigenvalue weighted by atomic mass is 16.3. The molecule has 1 nitrogen and oxygen atoms in total. The maximum Gasteiger partial charge on any atom is 0.0645 e. The highest BCUT2D eigenvalue weighted by Gasteiger charge is 2.25. The topological polar surface area (TPSA) is 20.2 Å². The van der Waals surface area contributed by atoms with Gasteiger partial charge in [0.15, 0.2) is 0 Å². The molecule has 1 atom stereocenters. The Hall–Kier alpha value is -0.0400. The van der Waals surface area contributed by atoms with Crippen molar-refractivity contribution in [2.24, 2.45) is 5.92 Å². The molecule has 1 aliphatic carbocycles. The zero-order valence-electron chi connectivity index (χ0n) is 12.0. The first-order chi connectivity index (χ1) is 8.20. The van der Waals surface area contributed by atoms with E-state index in [0.29, 0.717) is 0 Å². The molecule has 1 saturated carbocycles. The lowest BCUT2D eigenvalue weighted by Gasteiger charge is -2.30. The second kappa shape index (κ2) is 8.13. The lowest BCUT2D eigenvalue weighted by Crippen LogP contribution is -2.28. The van der Waals surface area contributed by atoms with Crippen molar-refractivity contribution >= 4 is 0 Å². The molecule has 0 spiro atoms. The Morgan fingerprint density at radius 1 is 1.00 bits per heavy atom. The minimum absolute atomic E-state index is 0.355. The van der Waals surface area contributed by atoms with E-state index in [0.717, 1.165) is 25.2 Å². The maximum absolute atomic E-state index is 10.6. The van der Waals surface area contributed by atoms with Crippen LogP contribution in [-0.2, 0) is 0 Å². The minimum Gasteiger partial charge on any atom is -0.390 e. The first-order valence-electron chi connectivity index (χ1n) is 7.92. The van der Waals surface area contributed by atoms with Gasteiger partial charge in [-0.2, -0.15) is 0 Å². The fraction of sp³-hybridized carbons (Fsp3) is 1.00. The summed E-state index contributed by atoms with van der Waals surface area (Å²) in [4.78, 5) is 0. The molecule has 1 rings (SSSR count). The van der Waals surface area contributed by atoms with Gasteiger partial charge in [0.05, 0.1) is 5.60 Å². The van der Waals surface area contributed by atoms with E-state index in [1.54, 1.807) is 0 Å². The Bertz CT molecular complexity index is 184. The number of hydrogen-bond donors (Lipinski definition) is 1. The summed E-state index contributed by atoms with van der Waals surface area (Å²) in [6, 6.07) is 0. The van der Waals surface area contributed by atoms with E-state index < -0.39 is 0 Å². The van der Waals surface area contributed by atoms with Crippen molar-refractivity contribution in [3.63, 3.8) is 0 Å². The Morgan fingerprint density at radius 3 is 2.29 bits per heavy atom. The lowest BCUT2D eigenvalue weighted by molar-refractivity contribution is 0.00924. The molecular formula is C16H32O. The van der Waals surface area contributed by atoms with Crippen LogP contribution in [0.3, 0.4) is 0 Å². The molecule has 0 aromatic carbocycles. The molecule has 0 aromatic rings. The summed E-state index contributed by atoms with van der Waals surface area (Å²) >= 11 is 0. The summed E-state index contributed by atoms with van der Waals surface area (Å²) < 4.78 is 0. The zero-order valence-corrected chi connectivity index (χ0v) is 12.0. The number of unbranched alkanes of at least 4 members (excludes halogenated alkanes) is 2. The van der Waals surface area contributed by atoms with Crippen LogP contribution >= 0.6 is 0 Å². The molecule has 1 fully saturated rings. The summed E-state index contributed by atoms with van der Waals surface area (Å²) in [5.41, 5.74) is -0.355. The Morgan fingerprint density at radius 2 is 1.71 bits per heavy atom. The van der Waals surface area contributed by atoms with E-state index in [4.69, 9.17) is 0 Å². The predicted octanol–water partition coefficient (Wildman–Crippen LogP) is 5.07. The van der Waals surface area contributed by atoms with Gasteiger partial charge in [0, 0.05) is 0 Å². The monoisotopic (exact) mass is 240 g/mol. The van der Waals surface area contributed by atoms with Crippen LogP contribution in [-0.4, -0.2) is 10.7 Å². The summed E-state index contributed by atoms with van der Waals surface area (Å²) in [5.74, 6) is 0.910. The third kappa shape index (κ3) is 5.90. The second-order valence-corrected chi connectivity index (χ2v) is 6.08. The third-order valence-electron chi connectivity index (χ3n) is 4.65. The van der Waals surface area contributed by atoms with Crippen molar-refractivity contribution in [2.75, 3.05) is 0 Å². The van der Waals surface area contributed by atoms with E-state index in [1.165, 1.54) is 57.8 Å². The third-order valence-corrected chi connectivity index (χ3v) is 4.65.